The summed E-state index contributed by atoms with van der Waals surface area (Å²) in [7, 11) is 0. The Morgan fingerprint density at radius 2 is 1.90 bits per heavy atom. The molecule has 0 aromatic heterocycles. The van der Waals surface area contributed by atoms with Gasteiger partial charge in [0.25, 0.3) is 0 Å². The zero-order chi connectivity index (χ0) is 20.8. The Labute approximate surface area is 180 Å². The smallest absolute Gasteiger partial charge is 0.0577 e. The third-order valence-corrected chi connectivity index (χ3v) is 10.3. The molecule has 0 aromatic carbocycles. The molecule has 8 atom stereocenters. The van der Waals surface area contributed by atoms with Gasteiger partial charge in [-0.25, -0.2) is 0 Å². The molecule has 0 amide bonds. The molecule has 4 aliphatic rings. The van der Waals surface area contributed by atoms with Crippen LogP contribution in [0.3, 0.4) is 0 Å². The molecule has 4 rings (SSSR count). The number of fused-ring (bicyclic) bond motifs is 5. The second kappa shape index (κ2) is 8.18. The summed E-state index contributed by atoms with van der Waals surface area (Å²) < 4.78 is 0. The summed E-state index contributed by atoms with van der Waals surface area (Å²) in [5.41, 5.74) is 2.50. The maximum atomic E-state index is 10.2. The van der Waals surface area contributed by atoms with Crippen LogP contribution in [0.15, 0.2) is 24.3 Å². The van der Waals surface area contributed by atoms with Crippen LogP contribution in [0.4, 0.5) is 0 Å². The fourth-order valence-electron chi connectivity index (χ4n) is 8.63. The molecule has 8 unspecified atom stereocenters. The molecule has 164 valence electrons. The molecule has 0 spiro atoms. The van der Waals surface area contributed by atoms with Gasteiger partial charge in [0.05, 0.1) is 6.10 Å². The van der Waals surface area contributed by atoms with Crippen LogP contribution in [0.2, 0.25) is 0 Å². The van der Waals surface area contributed by atoms with Crippen molar-refractivity contribution in [2.24, 2.45) is 46.3 Å². The van der Waals surface area contributed by atoms with Gasteiger partial charge in [-0.3, -0.25) is 0 Å². The van der Waals surface area contributed by atoms with Gasteiger partial charge in [0.1, 0.15) is 0 Å². The first-order chi connectivity index (χ1) is 13.8. The van der Waals surface area contributed by atoms with Gasteiger partial charge < -0.3 is 5.11 Å². The highest BCUT2D eigenvalue weighted by Crippen LogP contribution is 2.67. The van der Waals surface area contributed by atoms with E-state index in [1.807, 2.05) is 0 Å². The lowest BCUT2D eigenvalue weighted by atomic mass is 9.47. The predicted octanol–water partition coefficient (Wildman–Crippen LogP) is 7.55. The topological polar surface area (TPSA) is 20.2 Å². The molecular formula is C28H46O. The quantitative estimate of drug-likeness (QED) is 0.458. The van der Waals surface area contributed by atoms with Gasteiger partial charge in [0, 0.05) is 0 Å². The standard InChI is InChI=1S/C28H46O/c1-6-20(9-7-8-19(2)3)24-12-13-25-23-11-10-21-18-22(29)14-16-27(21,4)26(23)15-17-28(24,25)5/h6,10,19-20,22-26,29H,1,7-9,11-18H2,2-5H3. The van der Waals surface area contributed by atoms with E-state index >= 15 is 0 Å². The SMILES string of the molecule is C=CC(CCCC(C)C)C1CCC2C3CC=C4CC(O)CCC4(C)C3CCC12C. The predicted molar refractivity (Wildman–Crippen MR) is 124 cm³/mol. The van der Waals surface area contributed by atoms with Crippen molar-refractivity contribution in [2.75, 3.05) is 0 Å². The van der Waals surface area contributed by atoms with Gasteiger partial charge in [-0.2, -0.15) is 0 Å². The molecule has 0 aliphatic heterocycles. The van der Waals surface area contributed by atoms with E-state index in [4.69, 9.17) is 0 Å². The minimum absolute atomic E-state index is 0.0882. The fourth-order valence-corrected chi connectivity index (χ4v) is 8.63. The highest BCUT2D eigenvalue weighted by atomic mass is 16.3. The summed E-state index contributed by atoms with van der Waals surface area (Å²) in [6.45, 7) is 14.2. The van der Waals surface area contributed by atoms with Gasteiger partial charge in [0.2, 0.25) is 0 Å². The van der Waals surface area contributed by atoms with Gasteiger partial charge in [-0.15, -0.1) is 6.58 Å². The maximum Gasteiger partial charge on any atom is 0.0577 e. The Morgan fingerprint density at radius 3 is 2.62 bits per heavy atom. The van der Waals surface area contributed by atoms with E-state index in [-0.39, 0.29) is 6.10 Å². The van der Waals surface area contributed by atoms with Crippen LogP contribution < -0.4 is 0 Å². The highest BCUT2D eigenvalue weighted by Gasteiger charge is 2.59. The number of hydrogen-bond acceptors (Lipinski definition) is 1. The lowest BCUT2D eigenvalue weighted by molar-refractivity contribution is -0.0554. The number of aliphatic hydroxyl groups excluding tert-OH is 1. The lowest BCUT2D eigenvalue weighted by Gasteiger charge is -2.58. The molecule has 29 heavy (non-hydrogen) atoms. The van der Waals surface area contributed by atoms with Crippen LogP contribution in [-0.2, 0) is 0 Å². The summed E-state index contributed by atoms with van der Waals surface area (Å²) in [5.74, 6) is 5.03. The van der Waals surface area contributed by atoms with Crippen LogP contribution >= 0.6 is 0 Å². The largest absolute Gasteiger partial charge is 0.393 e. The highest BCUT2D eigenvalue weighted by molar-refractivity contribution is 5.25. The molecular weight excluding hydrogens is 352 g/mol. The van der Waals surface area contributed by atoms with Crippen molar-refractivity contribution in [3.05, 3.63) is 24.3 Å². The van der Waals surface area contributed by atoms with E-state index < -0.39 is 0 Å². The molecule has 1 heteroatoms. The normalized spacial score (nSPS) is 45.2. The molecule has 1 N–H and O–H groups in total. The van der Waals surface area contributed by atoms with Gasteiger partial charge in [-0.1, -0.05) is 58.3 Å². The van der Waals surface area contributed by atoms with E-state index in [1.54, 1.807) is 5.57 Å². The van der Waals surface area contributed by atoms with Crippen molar-refractivity contribution in [3.8, 4) is 0 Å². The van der Waals surface area contributed by atoms with Gasteiger partial charge in [-0.05, 0) is 104 Å². The van der Waals surface area contributed by atoms with Crippen molar-refractivity contribution in [1.82, 2.24) is 0 Å². The molecule has 3 saturated carbocycles. The van der Waals surface area contributed by atoms with Crippen LogP contribution in [0.1, 0.15) is 98.3 Å². The van der Waals surface area contributed by atoms with Crippen LogP contribution in [0.5, 0.6) is 0 Å². The van der Waals surface area contributed by atoms with Crippen LogP contribution in [0, 0.1) is 46.3 Å². The summed E-state index contributed by atoms with van der Waals surface area (Å²) in [6, 6.07) is 0. The van der Waals surface area contributed by atoms with Crippen molar-refractivity contribution in [2.45, 2.75) is 104 Å². The average molecular weight is 399 g/mol. The summed E-state index contributed by atoms with van der Waals surface area (Å²) in [5, 5.41) is 10.2. The van der Waals surface area contributed by atoms with Crippen LogP contribution in [-0.4, -0.2) is 11.2 Å². The number of hydrogen-bond donors (Lipinski definition) is 1. The Bertz CT molecular complexity index is 632. The summed E-state index contributed by atoms with van der Waals surface area (Å²) in [4.78, 5) is 0. The molecule has 0 bridgehead atoms. The van der Waals surface area contributed by atoms with E-state index in [9.17, 15) is 5.11 Å². The Morgan fingerprint density at radius 1 is 1.10 bits per heavy atom. The molecule has 0 aromatic rings. The van der Waals surface area contributed by atoms with E-state index in [0.717, 1.165) is 48.3 Å². The van der Waals surface area contributed by atoms with Crippen molar-refractivity contribution in [1.29, 1.82) is 0 Å². The second-order valence-electron chi connectivity index (χ2n) is 12.1. The third-order valence-electron chi connectivity index (χ3n) is 10.3. The Hall–Kier alpha value is -0.560. The average Bonchev–Trinajstić information content (AvgIpc) is 3.03. The van der Waals surface area contributed by atoms with E-state index in [1.165, 1.54) is 57.8 Å². The summed E-state index contributed by atoms with van der Waals surface area (Å²) >= 11 is 0. The van der Waals surface area contributed by atoms with Gasteiger partial charge >= 0.3 is 0 Å². The zero-order valence-corrected chi connectivity index (χ0v) is 19.6. The lowest BCUT2D eigenvalue weighted by Crippen LogP contribution is -2.50. The Balaban J connectivity index is 1.52. The molecule has 4 aliphatic carbocycles. The van der Waals surface area contributed by atoms with Crippen molar-refractivity contribution < 1.29 is 5.11 Å². The Kier molecular flexibility index (Phi) is 6.11. The number of aliphatic hydroxyl groups is 1. The van der Waals surface area contributed by atoms with E-state index in [0.29, 0.717) is 10.8 Å². The minimum Gasteiger partial charge on any atom is -0.393 e. The molecule has 0 radical (unpaired) electrons. The van der Waals surface area contributed by atoms with Crippen molar-refractivity contribution >= 4 is 0 Å². The van der Waals surface area contributed by atoms with E-state index in [2.05, 4.69) is 46.4 Å². The third kappa shape index (κ3) is 3.68. The molecule has 1 nitrogen and oxygen atoms in total. The van der Waals surface area contributed by atoms with Crippen molar-refractivity contribution in [3.63, 3.8) is 0 Å². The number of rotatable bonds is 6. The second-order valence-corrected chi connectivity index (χ2v) is 12.1. The number of allylic oxidation sites excluding steroid dienone is 2. The summed E-state index contributed by atoms with van der Waals surface area (Å²) in [6.07, 6.45) is 19.0. The first kappa shape index (κ1) is 21.7. The van der Waals surface area contributed by atoms with Gasteiger partial charge in [0.15, 0.2) is 0 Å². The molecule has 0 saturated heterocycles. The monoisotopic (exact) mass is 398 g/mol. The first-order valence-corrected chi connectivity index (χ1v) is 12.8. The first-order valence-electron chi connectivity index (χ1n) is 12.8. The zero-order valence-electron chi connectivity index (χ0n) is 19.6. The molecule has 3 fully saturated rings. The molecule has 0 heterocycles. The maximum absolute atomic E-state index is 10.2. The fraction of sp³-hybridized carbons (Fsp3) is 0.857. The minimum atomic E-state index is -0.0882. The van der Waals surface area contributed by atoms with Crippen LogP contribution in [0.25, 0.3) is 0 Å².